The molecule has 0 saturated heterocycles. The molecule has 2 nitrogen and oxygen atoms in total. The van der Waals surface area contributed by atoms with Crippen molar-refractivity contribution in [2.45, 2.75) is 33.1 Å². The van der Waals surface area contributed by atoms with Crippen LogP contribution in [0.1, 0.15) is 37.8 Å². The first-order valence-electron chi connectivity index (χ1n) is 5.38. The second-order valence-corrected chi connectivity index (χ2v) is 3.84. The number of benzene rings is 1. The molecule has 0 N–H and O–H groups in total. The van der Waals surface area contributed by atoms with Crippen molar-refractivity contribution in [2.24, 2.45) is 0 Å². The Morgan fingerprint density at radius 2 is 2.00 bits per heavy atom. The second-order valence-electron chi connectivity index (χ2n) is 3.84. The van der Waals surface area contributed by atoms with Crippen LogP contribution in [-0.2, 0) is 16.0 Å². The molecule has 0 aromatic heterocycles. The summed E-state index contributed by atoms with van der Waals surface area (Å²) in [5.41, 5.74) is 2.30. The molecule has 0 heterocycles. The van der Waals surface area contributed by atoms with Crippen molar-refractivity contribution in [1.29, 1.82) is 0 Å². The number of rotatable bonds is 4. The molecule has 0 saturated carbocycles. The van der Waals surface area contributed by atoms with Crippen LogP contribution in [0, 0.1) is 0 Å². The molecule has 0 aliphatic carbocycles. The summed E-state index contributed by atoms with van der Waals surface area (Å²) in [6.07, 6.45) is 0.377. The minimum atomic E-state index is -0.148. The lowest BCUT2D eigenvalue weighted by atomic mass is 9.95. The van der Waals surface area contributed by atoms with E-state index >= 15 is 0 Å². The van der Waals surface area contributed by atoms with E-state index in [-0.39, 0.29) is 5.97 Å². The fraction of sp³-hybridized carbons (Fsp3) is 0.462. The summed E-state index contributed by atoms with van der Waals surface area (Å²) in [5.74, 6) is 0.293. The average molecular weight is 206 g/mol. The van der Waals surface area contributed by atoms with E-state index in [0.29, 0.717) is 18.9 Å². The highest BCUT2D eigenvalue weighted by atomic mass is 16.5. The van der Waals surface area contributed by atoms with Crippen LogP contribution in [0.15, 0.2) is 24.3 Å². The van der Waals surface area contributed by atoms with E-state index in [4.69, 9.17) is 4.74 Å². The smallest absolute Gasteiger partial charge is 0.310 e. The number of hydrogen-bond acceptors (Lipinski definition) is 2. The molecule has 15 heavy (non-hydrogen) atoms. The molecular formula is C13H18O2. The highest BCUT2D eigenvalue weighted by Gasteiger charge is 2.10. The molecule has 0 aliphatic heterocycles. The third kappa shape index (κ3) is 3.39. The van der Waals surface area contributed by atoms with Gasteiger partial charge in [-0.25, -0.2) is 0 Å². The summed E-state index contributed by atoms with van der Waals surface area (Å²) in [7, 11) is 0. The Hall–Kier alpha value is -1.31. The van der Waals surface area contributed by atoms with E-state index in [1.807, 2.05) is 25.1 Å². The second kappa shape index (κ2) is 5.54. The van der Waals surface area contributed by atoms with Crippen LogP contribution in [0.4, 0.5) is 0 Å². The molecule has 0 aliphatic rings. The molecule has 1 aromatic carbocycles. The van der Waals surface area contributed by atoms with Crippen LogP contribution in [0.3, 0.4) is 0 Å². The molecule has 0 spiro atoms. The monoisotopic (exact) mass is 206 g/mol. The van der Waals surface area contributed by atoms with Crippen molar-refractivity contribution in [3.8, 4) is 0 Å². The van der Waals surface area contributed by atoms with Gasteiger partial charge in [0.2, 0.25) is 0 Å². The van der Waals surface area contributed by atoms with Gasteiger partial charge in [0.1, 0.15) is 0 Å². The highest BCUT2D eigenvalue weighted by molar-refractivity contribution is 5.73. The Morgan fingerprint density at radius 3 is 2.60 bits per heavy atom. The third-order valence-corrected chi connectivity index (χ3v) is 2.32. The van der Waals surface area contributed by atoms with Gasteiger partial charge in [-0.15, -0.1) is 0 Å². The average Bonchev–Trinajstić information content (AvgIpc) is 2.18. The van der Waals surface area contributed by atoms with Gasteiger partial charge in [0.25, 0.3) is 0 Å². The molecule has 1 aromatic rings. The third-order valence-electron chi connectivity index (χ3n) is 2.32. The van der Waals surface area contributed by atoms with Gasteiger partial charge in [-0.2, -0.15) is 0 Å². The van der Waals surface area contributed by atoms with Gasteiger partial charge in [-0.3, -0.25) is 4.79 Å². The van der Waals surface area contributed by atoms with Crippen LogP contribution < -0.4 is 0 Å². The summed E-state index contributed by atoms with van der Waals surface area (Å²) >= 11 is 0. The topological polar surface area (TPSA) is 26.3 Å². The van der Waals surface area contributed by atoms with Crippen LogP contribution >= 0.6 is 0 Å². The summed E-state index contributed by atoms with van der Waals surface area (Å²) in [4.78, 5) is 11.4. The van der Waals surface area contributed by atoms with Gasteiger partial charge in [0, 0.05) is 0 Å². The first kappa shape index (κ1) is 11.8. The van der Waals surface area contributed by atoms with Gasteiger partial charge in [0.15, 0.2) is 0 Å². The lowest BCUT2D eigenvalue weighted by molar-refractivity contribution is -0.142. The van der Waals surface area contributed by atoms with Gasteiger partial charge < -0.3 is 4.74 Å². The molecule has 0 atom stereocenters. The molecule has 0 fully saturated rings. The molecule has 1 rings (SSSR count). The van der Waals surface area contributed by atoms with E-state index in [1.54, 1.807) is 0 Å². The number of esters is 1. The fourth-order valence-electron chi connectivity index (χ4n) is 1.63. The van der Waals surface area contributed by atoms with Crippen molar-refractivity contribution in [2.75, 3.05) is 6.61 Å². The predicted molar refractivity (Wildman–Crippen MR) is 60.9 cm³/mol. The predicted octanol–water partition coefficient (Wildman–Crippen LogP) is 2.92. The largest absolute Gasteiger partial charge is 0.466 e. The lowest BCUT2D eigenvalue weighted by Gasteiger charge is -2.11. The maximum atomic E-state index is 11.4. The lowest BCUT2D eigenvalue weighted by Crippen LogP contribution is -2.09. The van der Waals surface area contributed by atoms with Gasteiger partial charge in [-0.1, -0.05) is 38.1 Å². The standard InChI is InChI=1S/C13H18O2/c1-4-15-13(14)9-11-7-5-6-8-12(11)10(2)3/h5-8,10H,4,9H2,1-3H3. The number of carbonyl (C=O) groups is 1. The minimum absolute atomic E-state index is 0.148. The molecule has 82 valence electrons. The van der Waals surface area contributed by atoms with E-state index in [9.17, 15) is 4.79 Å². The minimum Gasteiger partial charge on any atom is -0.466 e. The van der Waals surface area contributed by atoms with Gasteiger partial charge in [0.05, 0.1) is 13.0 Å². The Kier molecular flexibility index (Phi) is 4.35. The van der Waals surface area contributed by atoms with Crippen LogP contribution in [0.2, 0.25) is 0 Å². The Labute approximate surface area is 91.3 Å². The fourth-order valence-corrected chi connectivity index (χ4v) is 1.63. The summed E-state index contributed by atoms with van der Waals surface area (Å²) in [5, 5.41) is 0. The van der Waals surface area contributed by atoms with Crippen molar-refractivity contribution in [3.63, 3.8) is 0 Å². The van der Waals surface area contributed by atoms with Crippen molar-refractivity contribution in [1.82, 2.24) is 0 Å². The summed E-state index contributed by atoms with van der Waals surface area (Å²) < 4.78 is 4.94. The van der Waals surface area contributed by atoms with E-state index < -0.39 is 0 Å². The molecule has 0 radical (unpaired) electrons. The van der Waals surface area contributed by atoms with Crippen molar-refractivity contribution in [3.05, 3.63) is 35.4 Å². The normalized spacial score (nSPS) is 10.4. The first-order valence-corrected chi connectivity index (χ1v) is 5.38. The maximum absolute atomic E-state index is 11.4. The number of carbonyl (C=O) groups excluding carboxylic acids is 1. The van der Waals surface area contributed by atoms with Gasteiger partial charge >= 0.3 is 5.97 Å². The van der Waals surface area contributed by atoms with Crippen LogP contribution in [0.25, 0.3) is 0 Å². The number of ether oxygens (including phenoxy) is 1. The maximum Gasteiger partial charge on any atom is 0.310 e. The summed E-state index contributed by atoms with van der Waals surface area (Å²) in [6.45, 7) is 6.53. The van der Waals surface area contributed by atoms with Crippen LogP contribution in [0.5, 0.6) is 0 Å². The summed E-state index contributed by atoms with van der Waals surface area (Å²) in [6, 6.07) is 8.02. The molecule has 2 heteroatoms. The molecule has 0 amide bonds. The zero-order chi connectivity index (χ0) is 11.3. The molecule has 0 bridgehead atoms. The molecule has 0 unspecified atom stereocenters. The number of hydrogen-bond donors (Lipinski definition) is 0. The SMILES string of the molecule is CCOC(=O)Cc1ccccc1C(C)C. The Bertz CT molecular complexity index is 329. The Balaban J connectivity index is 2.80. The quantitative estimate of drug-likeness (QED) is 0.708. The Morgan fingerprint density at radius 1 is 1.33 bits per heavy atom. The first-order chi connectivity index (χ1) is 7.15. The van der Waals surface area contributed by atoms with Crippen LogP contribution in [-0.4, -0.2) is 12.6 Å². The van der Waals surface area contributed by atoms with E-state index in [2.05, 4.69) is 19.9 Å². The van der Waals surface area contributed by atoms with E-state index in [1.165, 1.54) is 5.56 Å². The molecular weight excluding hydrogens is 188 g/mol. The van der Waals surface area contributed by atoms with E-state index in [0.717, 1.165) is 5.56 Å². The van der Waals surface area contributed by atoms with Crippen molar-refractivity contribution >= 4 is 5.97 Å². The van der Waals surface area contributed by atoms with Gasteiger partial charge in [-0.05, 0) is 24.0 Å². The zero-order valence-electron chi connectivity index (χ0n) is 9.62. The highest BCUT2D eigenvalue weighted by Crippen LogP contribution is 2.19. The zero-order valence-corrected chi connectivity index (χ0v) is 9.62. The van der Waals surface area contributed by atoms with Crippen molar-refractivity contribution < 1.29 is 9.53 Å².